The first-order valence-corrected chi connectivity index (χ1v) is 11.3. The van der Waals surface area contributed by atoms with Crippen molar-refractivity contribution in [3.05, 3.63) is 48.3 Å². The maximum Gasteiger partial charge on any atom is 0.251 e. The molecule has 2 saturated heterocycles. The predicted molar refractivity (Wildman–Crippen MR) is 118 cm³/mol. The minimum Gasteiger partial charge on any atom is -0.370 e. The number of carbonyl (C=O) groups is 2. The molecule has 0 aliphatic carbocycles. The molecule has 0 unspecified atom stereocenters. The van der Waals surface area contributed by atoms with Gasteiger partial charge in [-0.3, -0.25) is 9.59 Å². The molecule has 2 fully saturated rings. The number of piperidine rings is 1. The van der Waals surface area contributed by atoms with Crippen molar-refractivity contribution in [3.63, 3.8) is 0 Å². The lowest BCUT2D eigenvalue weighted by atomic mass is 9.88. The minimum absolute atomic E-state index is 0.0242. The van der Waals surface area contributed by atoms with Crippen LogP contribution in [0.1, 0.15) is 56.3 Å². The topological polar surface area (TPSA) is 76.5 Å². The van der Waals surface area contributed by atoms with Gasteiger partial charge in [-0.05, 0) is 55.9 Å². The van der Waals surface area contributed by atoms with Crippen LogP contribution in [0.15, 0.2) is 42.7 Å². The van der Waals surface area contributed by atoms with Crippen molar-refractivity contribution in [3.8, 4) is 5.69 Å². The van der Waals surface area contributed by atoms with Gasteiger partial charge in [-0.15, -0.1) is 0 Å². The Labute approximate surface area is 183 Å². The molecule has 2 amide bonds. The molecule has 1 spiro atoms. The molecule has 2 aliphatic rings. The monoisotopic (exact) mass is 424 g/mol. The fourth-order valence-electron chi connectivity index (χ4n) is 4.57. The molecule has 0 bridgehead atoms. The maximum absolute atomic E-state index is 12.7. The molecule has 0 saturated carbocycles. The number of ether oxygens (including phenoxy) is 1. The molecule has 31 heavy (non-hydrogen) atoms. The van der Waals surface area contributed by atoms with Crippen molar-refractivity contribution >= 4 is 11.8 Å². The van der Waals surface area contributed by atoms with E-state index in [1.54, 1.807) is 10.9 Å². The van der Waals surface area contributed by atoms with Gasteiger partial charge in [0.1, 0.15) is 0 Å². The van der Waals surface area contributed by atoms with E-state index >= 15 is 0 Å². The van der Waals surface area contributed by atoms with E-state index in [-0.39, 0.29) is 23.5 Å². The van der Waals surface area contributed by atoms with Crippen LogP contribution < -0.4 is 5.32 Å². The van der Waals surface area contributed by atoms with E-state index < -0.39 is 0 Å². The summed E-state index contributed by atoms with van der Waals surface area (Å²) in [4.78, 5) is 27.0. The highest BCUT2D eigenvalue weighted by Crippen LogP contribution is 2.39. The number of amides is 2. The Morgan fingerprint density at radius 2 is 2.03 bits per heavy atom. The minimum atomic E-state index is -0.135. The van der Waals surface area contributed by atoms with E-state index in [9.17, 15) is 9.59 Å². The Morgan fingerprint density at radius 1 is 1.23 bits per heavy atom. The number of hydrogen-bond acceptors (Lipinski definition) is 4. The van der Waals surface area contributed by atoms with Crippen LogP contribution >= 0.6 is 0 Å². The van der Waals surface area contributed by atoms with Crippen molar-refractivity contribution in [2.75, 3.05) is 19.6 Å². The average Bonchev–Trinajstić information content (AvgIpc) is 3.43. The van der Waals surface area contributed by atoms with E-state index in [4.69, 9.17) is 4.74 Å². The Bertz CT molecular complexity index is 901. The van der Waals surface area contributed by atoms with Crippen molar-refractivity contribution in [2.45, 2.75) is 57.7 Å². The molecule has 7 nitrogen and oxygen atoms in total. The van der Waals surface area contributed by atoms with E-state index in [2.05, 4.69) is 24.3 Å². The fraction of sp³-hybridized carbons (Fsp3) is 0.542. The summed E-state index contributed by atoms with van der Waals surface area (Å²) >= 11 is 0. The molecular formula is C24H32N4O3. The van der Waals surface area contributed by atoms with Crippen LogP contribution in [-0.4, -0.2) is 57.8 Å². The molecule has 0 radical (unpaired) electrons. The van der Waals surface area contributed by atoms with Crippen LogP contribution in [0.25, 0.3) is 5.69 Å². The zero-order valence-corrected chi connectivity index (χ0v) is 18.4. The summed E-state index contributed by atoms with van der Waals surface area (Å²) in [5, 5.41) is 7.24. The third-order valence-corrected chi connectivity index (χ3v) is 6.32. The van der Waals surface area contributed by atoms with Crippen LogP contribution in [0.3, 0.4) is 0 Å². The highest BCUT2D eigenvalue weighted by atomic mass is 16.5. The predicted octanol–water partition coefficient (Wildman–Crippen LogP) is 3.19. The highest BCUT2D eigenvalue weighted by molar-refractivity contribution is 5.94. The second-order valence-corrected chi connectivity index (χ2v) is 9.15. The van der Waals surface area contributed by atoms with Crippen LogP contribution in [0.4, 0.5) is 0 Å². The maximum atomic E-state index is 12.7. The number of hydrogen-bond donors (Lipinski definition) is 1. The summed E-state index contributed by atoms with van der Waals surface area (Å²) in [7, 11) is 0. The first kappa shape index (κ1) is 21.6. The Kier molecular flexibility index (Phi) is 6.41. The lowest BCUT2D eigenvalue weighted by Gasteiger charge is -2.39. The smallest absolute Gasteiger partial charge is 0.251 e. The van der Waals surface area contributed by atoms with Crippen LogP contribution in [0, 0.1) is 5.92 Å². The molecule has 1 aromatic heterocycles. The second-order valence-electron chi connectivity index (χ2n) is 9.15. The second kappa shape index (κ2) is 9.22. The number of carbonyl (C=O) groups excluding carboxylic acids is 2. The van der Waals surface area contributed by atoms with Crippen molar-refractivity contribution in [2.24, 2.45) is 5.92 Å². The average molecular weight is 425 g/mol. The highest BCUT2D eigenvalue weighted by Gasteiger charge is 2.43. The standard InChI is InChI=1S/C24H32N4O3/c1-18(2)15-22(29)27-13-9-24(10-14-27)8-7-21(31-24)17-25-23(30)19-5-3-6-20(16-19)28-12-4-11-26-28/h3-6,11-12,16,18,21H,7-10,13-15,17H2,1-2H3,(H,25,30)/t21-/m0/s1. The van der Waals surface area contributed by atoms with E-state index in [0.29, 0.717) is 24.4 Å². The zero-order chi connectivity index (χ0) is 21.8. The summed E-state index contributed by atoms with van der Waals surface area (Å²) < 4.78 is 8.14. The zero-order valence-electron chi connectivity index (χ0n) is 18.4. The number of aromatic nitrogens is 2. The van der Waals surface area contributed by atoms with Crippen molar-refractivity contribution in [1.29, 1.82) is 0 Å². The number of likely N-dealkylation sites (tertiary alicyclic amines) is 1. The van der Waals surface area contributed by atoms with Crippen LogP contribution in [0.5, 0.6) is 0 Å². The van der Waals surface area contributed by atoms with Gasteiger partial charge < -0.3 is 15.0 Å². The molecule has 2 aliphatic heterocycles. The van der Waals surface area contributed by atoms with E-state index in [1.165, 1.54) is 0 Å². The Hall–Kier alpha value is -2.67. The lowest BCUT2D eigenvalue weighted by molar-refractivity contribution is -0.138. The van der Waals surface area contributed by atoms with Gasteiger partial charge in [-0.25, -0.2) is 4.68 Å². The fourth-order valence-corrected chi connectivity index (χ4v) is 4.57. The summed E-state index contributed by atoms with van der Waals surface area (Å²) in [6, 6.07) is 9.28. The number of nitrogens with zero attached hydrogens (tertiary/aromatic N) is 3. The summed E-state index contributed by atoms with van der Waals surface area (Å²) in [6.07, 6.45) is 7.90. The third-order valence-electron chi connectivity index (χ3n) is 6.32. The van der Waals surface area contributed by atoms with Crippen molar-refractivity contribution in [1.82, 2.24) is 20.0 Å². The number of rotatable bonds is 6. The Morgan fingerprint density at radius 3 is 2.74 bits per heavy atom. The molecule has 2 aromatic rings. The van der Waals surface area contributed by atoms with Gasteiger partial charge in [0.15, 0.2) is 0 Å². The molecule has 3 heterocycles. The molecule has 7 heteroatoms. The van der Waals surface area contributed by atoms with Gasteiger partial charge in [-0.1, -0.05) is 19.9 Å². The van der Waals surface area contributed by atoms with Gasteiger partial charge >= 0.3 is 0 Å². The molecule has 1 N–H and O–H groups in total. The quantitative estimate of drug-likeness (QED) is 0.773. The third kappa shape index (κ3) is 5.15. The summed E-state index contributed by atoms with van der Waals surface area (Å²) in [5.74, 6) is 0.538. The first-order chi connectivity index (χ1) is 14.9. The summed E-state index contributed by atoms with van der Waals surface area (Å²) in [6.45, 7) is 6.20. The molecule has 1 aromatic carbocycles. The van der Waals surface area contributed by atoms with E-state index in [0.717, 1.165) is 44.5 Å². The van der Waals surface area contributed by atoms with E-state index in [1.807, 2.05) is 41.4 Å². The number of nitrogens with one attached hydrogen (secondary N) is 1. The first-order valence-electron chi connectivity index (χ1n) is 11.3. The van der Waals surface area contributed by atoms with Crippen LogP contribution in [0.2, 0.25) is 0 Å². The molecule has 166 valence electrons. The number of benzene rings is 1. The van der Waals surface area contributed by atoms with Gasteiger partial charge in [0.05, 0.1) is 17.4 Å². The Balaban J connectivity index is 1.26. The van der Waals surface area contributed by atoms with Gasteiger partial charge in [0, 0.05) is 44.0 Å². The van der Waals surface area contributed by atoms with Gasteiger partial charge in [0.25, 0.3) is 5.91 Å². The molecule has 1 atom stereocenters. The van der Waals surface area contributed by atoms with Gasteiger partial charge in [-0.2, -0.15) is 5.10 Å². The molecular weight excluding hydrogens is 392 g/mol. The SMILES string of the molecule is CC(C)CC(=O)N1CCC2(CC[C@@H](CNC(=O)c3cccc(-n4cccn4)c3)O2)CC1. The normalized spacial score (nSPS) is 20.4. The lowest BCUT2D eigenvalue weighted by Crippen LogP contribution is -2.47. The summed E-state index contributed by atoms with van der Waals surface area (Å²) in [5.41, 5.74) is 1.33. The largest absolute Gasteiger partial charge is 0.370 e. The van der Waals surface area contributed by atoms with Crippen molar-refractivity contribution < 1.29 is 14.3 Å². The molecule has 4 rings (SSSR count). The van der Waals surface area contributed by atoms with Crippen LogP contribution in [-0.2, 0) is 9.53 Å². The van der Waals surface area contributed by atoms with Gasteiger partial charge in [0.2, 0.25) is 5.91 Å².